The van der Waals surface area contributed by atoms with E-state index in [1.807, 2.05) is 33.8 Å². The van der Waals surface area contributed by atoms with Crippen LogP contribution in [0.2, 0.25) is 0 Å². The number of carbonyl (C=O) groups is 1. The van der Waals surface area contributed by atoms with E-state index in [-0.39, 0.29) is 11.4 Å². The molecule has 106 valence electrons. The van der Waals surface area contributed by atoms with Crippen molar-refractivity contribution in [2.75, 3.05) is 24.2 Å². The van der Waals surface area contributed by atoms with E-state index in [9.17, 15) is 4.79 Å². The first-order valence-electron chi connectivity index (χ1n) is 6.38. The summed E-state index contributed by atoms with van der Waals surface area (Å²) in [4.78, 5) is 20.1. The van der Waals surface area contributed by atoms with Gasteiger partial charge in [-0.2, -0.15) is 4.98 Å². The Morgan fingerprint density at radius 1 is 1.32 bits per heavy atom. The van der Waals surface area contributed by atoms with E-state index in [4.69, 9.17) is 0 Å². The molecular formula is C13H23N5O. The summed E-state index contributed by atoms with van der Waals surface area (Å²) in [5.74, 6) is 1.32. The number of amides is 1. The van der Waals surface area contributed by atoms with Crippen molar-refractivity contribution in [3.63, 3.8) is 0 Å². The lowest BCUT2D eigenvalue weighted by Crippen LogP contribution is -2.41. The van der Waals surface area contributed by atoms with Gasteiger partial charge in [0, 0.05) is 37.3 Å². The molecule has 6 nitrogen and oxygen atoms in total. The van der Waals surface area contributed by atoms with Crippen molar-refractivity contribution in [1.82, 2.24) is 15.3 Å². The van der Waals surface area contributed by atoms with Crippen molar-refractivity contribution in [2.24, 2.45) is 0 Å². The molecule has 6 heteroatoms. The predicted octanol–water partition coefficient (Wildman–Crippen LogP) is 1.54. The van der Waals surface area contributed by atoms with Gasteiger partial charge >= 0.3 is 0 Å². The first-order valence-corrected chi connectivity index (χ1v) is 6.38. The number of aromatic nitrogens is 2. The minimum atomic E-state index is -0.193. The van der Waals surface area contributed by atoms with Gasteiger partial charge < -0.3 is 16.0 Å². The molecule has 0 saturated heterocycles. The van der Waals surface area contributed by atoms with Gasteiger partial charge in [0.1, 0.15) is 5.82 Å². The van der Waals surface area contributed by atoms with Gasteiger partial charge in [0.25, 0.3) is 0 Å². The molecule has 0 bridgehead atoms. The summed E-state index contributed by atoms with van der Waals surface area (Å²) in [7, 11) is 1.77. The molecule has 0 aliphatic carbocycles. The average Bonchev–Trinajstić information content (AvgIpc) is 2.25. The van der Waals surface area contributed by atoms with E-state index in [0.29, 0.717) is 18.9 Å². The number of nitrogens with one attached hydrogen (secondary N) is 3. The number of rotatable bonds is 5. The Bertz CT molecular complexity index is 439. The molecule has 1 rings (SSSR count). The molecule has 0 radical (unpaired) electrons. The molecule has 0 aromatic carbocycles. The SMILES string of the molecule is CNc1nc(C)cc(NCCC(=O)NC(C)(C)C)n1. The maximum absolute atomic E-state index is 11.6. The number of hydrogen-bond acceptors (Lipinski definition) is 5. The van der Waals surface area contributed by atoms with Crippen LogP contribution in [0.4, 0.5) is 11.8 Å². The molecule has 1 heterocycles. The zero-order valence-corrected chi connectivity index (χ0v) is 12.3. The highest BCUT2D eigenvalue weighted by Crippen LogP contribution is 2.09. The van der Waals surface area contributed by atoms with Crippen molar-refractivity contribution in [3.05, 3.63) is 11.8 Å². The van der Waals surface area contributed by atoms with Crippen LogP contribution < -0.4 is 16.0 Å². The molecule has 1 aromatic heterocycles. The van der Waals surface area contributed by atoms with Gasteiger partial charge in [-0.25, -0.2) is 4.98 Å². The fourth-order valence-corrected chi connectivity index (χ4v) is 1.56. The average molecular weight is 265 g/mol. The zero-order chi connectivity index (χ0) is 14.5. The van der Waals surface area contributed by atoms with Gasteiger partial charge in [0.15, 0.2) is 0 Å². The van der Waals surface area contributed by atoms with Crippen LogP contribution in [-0.2, 0) is 4.79 Å². The summed E-state index contributed by atoms with van der Waals surface area (Å²) < 4.78 is 0. The molecule has 0 fully saturated rings. The first-order chi connectivity index (χ1) is 8.80. The van der Waals surface area contributed by atoms with Crippen LogP contribution in [0.3, 0.4) is 0 Å². The topological polar surface area (TPSA) is 78.9 Å². The fourth-order valence-electron chi connectivity index (χ4n) is 1.56. The van der Waals surface area contributed by atoms with Crippen LogP contribution in [0, 0.1) is 6.92 Å². The van der Waals surface area contributed by atoms with Crippen LogP contribution in [-0.4, -0.2) is 35.0 Å². The van der Waals surface area contributed by atoms with E-state index >= 15 is 0 Å². The minimum absolute atomic E-state index is 0.0274. The van der Waals surface area contributed by atoms with Gasteiger partial charge in [0.2, 0.25) is 11.9 Å². The molecule has 0 spiro atoms. The summed E-state index contributed by atoms with van der Waals surface area (Å²) in [6, 6.07) is 1.85. The van der Waals surface area contributed by atoms with E-state index in [1.54, 1.807) is 7.05 Å². The van der Waals surface area contributed by atoms with Crippen LogP contribution in [0.15, 0.2) is 6.07 Å². The van der Waals surface area contributed by atoms with Crippen molar-refractivity contribution >= 4 is 17.7 Å². The Hall–Kier alpha value is -1.85. The third-order valence-electron chi connectivity index (χ3n) is 2.25. The summed E-state index contributed by atoms with van der Waals surface area (Å²) in [5.41, 5.74) is 0.683. The third-order valence-corrected chi connectivity index (χ3v) is 2.25. The Balaban J connectivity index is 2.45. The molecule has 0 atom stereocenters. The number of anilines is 2. The summed E-state index contributed by atoms with van der Waals surface area (Å²) in [6.07, 6.45) is 0.412. The first kappa shape index (κ1) is 15.2. The Labute approximate surface area is 114 Å². The number of hydrogen-bond donors (Lipinski definition) is 3. The van der Waals surface area contributed by atoms with Gasteiger partial charge in [-0.05, 0) is 27.7 Å². The number of aryl methyl sites for hydroxylation is 1. The van der Waals surface area contributed by atoms with Crippen molar-refractivity contribution < 1.29 is 4.79 Å². The lowest BCUT2D eigenvalue weighted by Gasteiger charge is -2.20. The van der Waals surface area contributed by atoms with Gasteiger partial charge in [-0.15, -0.1) is 0 Å². The second-order valence-electron chi connectivity index (χ2n) is 5.44. The maximum atomic E-state index is 11.6. The number of nitrogens with zero attached hydrogens (tertiary/aromatic N) is 2. The van der Waals surface area contributed by atoms with Gasteiger partial charge in [0.05, 0.1) is 0 Å². The largest absolute Gasteiger partial charge is 0.369 e. The zero-order valence-electron chi connectivity index (χ0n) is 12.3. The molecular weight excluding hydrogens is 242 g/mol. The fraction of sp³-hybridized carbons (Fsp3) is 0.615. The van der Waals surface area contributed by atoms with Gasteiger partial charge in [-0.3, -0.25) is 4.79 Å². The molecule has 0 aliphatic heterocycles. The standard InChI is InChI=1S/C13H23N5O/c1-9-8-10(17-12(14-5)16-9)15-7-6-11(19)18-13(2,3)4/h8H,6-7H2,1-5H3,(H,18,19)(H2,14,15,16,17). The molecule has 1 aromatic rings. The van der Waals surface area contributed by atoms with Gasteiger partial charge in [-0.1, -0.05) is 0 Å². The quantitative estimate of drug-likeness (QED) is 0.752. The van der Waals surface area contributed by atoms with Crippen LogP contribution in [0.5, 0.6) is 0 Å². The van der Waals surface area contributed by atoms with Crippen molar-refractivity contribution in [3.8, 4) is 0 Å². The van der Waals surface area contributed by atoms with E-state index in [1.165, 1.54) is 0 Å². The summed E-state index contributed by atoms with van der Waals surface area (Å²) >= 11 is 0. The second kappa shape index (κ2) is 6.36. The summed E-state index contributed by atoms with van der Waals surface area (Å²) in [5, 5.41) is 8.94. The number of carbonyl (C=O) groups excluding carboxylic acids is 1. The highest BCUT2D eigenvalue weighted by Gasteiger charge is 2.13. The van der Waals surface area contributed by atoms with Crippen LogP contribution in [0.25, 0.3) is 0 Å². The Morgan fingerprint density at radius 3 is 2.58 bits per heavy atom. The van der Waals surface area contributed by atoms with E-state index < -0.39 is 0 Å². The van der Waals surface area contributed by atoms with E-state index in [0.717, 1.165) is 11.5 Å². The maximum Gasteiger partial charge on any atom is 0.224 e. The van der Waals surface area contributed by atoms with Crippen LogP contribution in [0.1, 0.15) is 32.9 Å². The highest BCUT2D eigenvalue weighted by molar-refractivity contribution is 5.77. The lowest BCUT2D eigenvalue weighted by molar-refractivity contribution is -0.122. The smallest absolute Gasteiger partial charge is 0.224 e. The van der Waals surface area contributed by atoms with Crippen molar-refractivity contribution in [1.29, 1.82) is 0 Å². The third kappa shape index (κ3) is 6.03. The molecule has 0 saturated carbocycles. The molecule has 0 aliphatic rings. The molecule has 0 unspecified atom stereocenters. The predicted molar refractivity (Wildman–Crippen MR) is 77.3 cm³/mol. The Kier molecular flexibility index (Phi) is 5.09. The monoisotopic (exact) mass is 265 g/mol. The normalized spacial score (nSPS) is 11.0. The van der Waals surface area contributed by atoms with E-state index in [2.05, 4.69) is 25.9 Å². The van der Waals surface area contributed by atoms with Crippen LogP contribution >= 0.6 is 0 Å². The summed E-state index contributed by atoms with van der Waals surface area (Å²) in [6.45, 7) is 8.34. The van der Waals surface area contributed by atoms with Crippen molar-refractivity contribution in [2.45, 2.75) is 39.7 Å². The molecule has 19 heavy (non-hydrogen) atoms. The second-order valence-corrected chi connectivity index (χ2v) is 5.44. The minimum Gasteiger partial charge on any atom is -0.369 e. The molecule has 3 N–H and O–H groups in total. The lowest BCUT2D eigenvalue weighted by atomic mass is 10.1. The highest BCUT2D eigenvalue weighted by atomic mass is 16.1. The Morgan fingerprint density at radius 2 is 2.00 bits per heavy atom. The molecule has 1 amide bonds.